The quantitative estimate of drug-likeness (QED) is 0.425. The SMILES string of the molecule is CCCCN(C)C(=O)[C@H](CC1CCCCC1)NC(=O)[C@H](CC(C)C)NC(=O)Cc1ccccc1F. The molecule has 0 spiro atoms. The van der Waals surface area contributed by atoms with E-state index in [-0.39, 0.29) is 29.7 Å². The predicted molar refractivity (Wildman–Crippen MR) is 137 cm³/mol. The van der Waals surface area contributed by atoms with Gasteiger partial charge in [0.25, 0.3) is 0 Å². The van der Waals surface area contributed by atoms with Crippen molar-refractivity contribution in [1.82, 2.24) is 15.5 Å². The molecule has 0 radical (unpaired) electrons. The van der Waals surface area contributed by atoms with Gasteiger partial charge in [-0.2, -0.15) is 0 Å². The van der Waals surface area contributed by atoms with Crippen LogP contribution in [-0.2, 0) is 20.8 Å². The maximum Gasteiger partial charge on any atom is 0.244 e. The van der Waals surface area contributed by atoms with E-state index in [0.717, 1.165) is 38.5 Å². The van der Waals surface area contributed by atoms with Crippen molar-refractivity contribution in [1.29, 1.82) is 0 Å². The molecule has 3 amide bonds. The summed E-state index contributed by atoms with van der Waals surface area (Å²) in [5.41, 5.74) is 0.289. The number of hydrogen-bond acceptors (Lipinski definition) is 3. The zero-order valence-electron chi connectivity index (χ0n) is 21.9. The molecule has 2 rings (SSSR count). The van der Waals surface area contributed by atoms with Crippen molar-refractivity contribution in [3.05, 3.63) is 35.6 Å². The first kappa shape index (κ1) is 28.8. The van der Waals surface area contributed by atoms with Crippen LogP contribution >= 0.6 is 0 Å². The molecule has 1 aromatic rings. The van der Waals surface area contributed by atoms with Crippen LogP contribution < -0.4 is 10.6 Å². The molecular weight excluding hydrogens is 445 g/mol. The average Bonchev–Trinajstić information content (AvgIpc) is 2.83. The number of nitrogens with one attached hydrogen (secondary N) is 2. The van der Waals surface area contributed by atoms with E-state index in [9.17, 15) is 18.8 Å². The molecule has 1 aliphatic rings. The third-order valence-corrected chi connectivity index (χ3v) is 6.80. The van der Waals surface area contributed by atoms with Crippen LogP contribution in [0.2, 0.25) is 0 Å². The van der Waals surface area contributed by atoms with Crippen molar-refractivity contribution >= 4 is 17.7 Å². The molecule has 196 valence electrons. The lowest BCUT2D eigenvalue weighted by Crippen LogP contribution is -2.55. The lowest BCUT2D eigenvalue weighted by molar-refractivity contribution is -0.137. The first-order valence-corrected chi connectivity index (χ1v) is 13.3. The lowest BCUT2D eigenvalue weighted by atomic mass is 9.84. The highest BCUT2D eigenvalue weighted by molar-refractivity contribution is 5.92. The van der Waals surface area contributed by atoms with Gasteiger partial charge in [0.2, 0.25) is 17.7 Å². The largest absolute Gasteiger partial charge is 0.344 e. The molecule has 7 heteroatoms. The van der Waals surface area contributed by atoms with Gasteiger partial charge in [-0.05, 0) is 42.7 Å². The van der Waals surface area contributed by atoms with Gasteiger partial charge in [0.1, 0.15) is 17.9 Å². The van der Waals surface area contributed by atoms with Crippen LogP contribution in [0.5, 0.6) is 0 Å². The molecule has 2 N–H and O–H groups in total. The highest BCUT2D eigenvalue weighted by atomic mass is 19.1. The Morgan fingerprint density at radius 2 is 1.74 bits per heavy atom. The molecule has 0 aliphatic heterocycles. The van der Waals surface area contributed by atoms with Crippen molar-refractivity contribution in [2.75, 3.05) is 13.6 Å². The fourth-order valence-corrected chi connectivity index (χ4v) is 4.78. The minimum atomic E-state index is -0.781. The van der Waals surface area contributed by atoms with Crippen molar-refractivity contribution in [3.8, 4) is 0 Å². The first-order chi connectivity index (χ1) is 16.7. The molecule has 1 fully saturated rings. The Morgan fingerprint density at radius 1 is 1.06 bits per heavy atom. The van der Waals surface area contributed by atoms with E-state index in [1.165, 1.54) is 12.5 Å². The molecule has 2 atom stereocenters. The van der Waals surface area contributed by atoms with Crippen LogP contribution in [-0.4, -0.2) is 48.3 Å². The van der Waals surface area contributed by atoms with Crippen molar-refractivity contribution in [3.63, 3.8) is 0 Å². The molecule has 0 bridgehead atoms. The number of unbranched alkanes of at least 4 members (excludes halogenated alkanes) is 1. The summed E-state index contributed by atoms with van der Waals surface area (Å²) in [6, 6.07) is 4.75. The second-order valence-electron chi connectivity index (χ2n) is 10.4. The highest BCUT2D eigenvalue weighted by Crippen LogP contribution is 2.28. The van der Waals surface area contributed by atoms with E-state index in [1.54, 1.807) is 30.1 Å². The van der Waals surface area contributed by atoms with Gasteiger partial charge in [-0.15, -0.1) is 0 Å². The molecule has 0 unspecified atom stereocenters. The standard InChI is InChI=1S/C28H44FN3O3/c1-5-6-16-32(4)28(35)25(18-21-12-8-7-9-13-21)31-27(34)24(17-20(2)3)30-26(33)19-22-14-10-11-15-23(22)29/h10-11,14-15,20-21,24-25H,5-9,12-13,16-19H2,1-4H3,(H,30,33)(H,31,34)/t24-,25-/m0/s1. The number of hydrogen-bond donors (Lipinski definition) is 2. The van der Waals surface area contributed by atoms with Crippen LogP contribution in [0.1, 0.15) is 84.1 Å². The summed E-state index contributed by atoms with van der Waals surface area (Å²) in [7, 11) is 1.79. The summed E-state index contributed by atoms with van der Waals surface area (Å²) >= 11 is 0. The minimum Gasteiger partial charge on any atom is -0.344 e. The van der Waals surface area contributed by atoms with E-state index in [0.29, 0.717) is 25.3 Å². The van der Waals surface area contributed by atoms with Crippen LogP contribution in [0, 0.1) is 17.7 Å². The number of amides is 3. The predicted octanol–water partition coefficient (Wildman–Crippen LogP) is 4.61. The summed E-state index contributed by atoms with van der Waals surface area (Å²) in [5, 5.41) is 5.78. The summed E-state index contributed by atoms with van der Waals surface area (Å²) in [4.78, 5) is 41.0. The molecule has 35 heavy (non-hydrogen) atoms. The number of rotatable bonds is 13. The van der Waals surface area contributed by atoms with E-state index < -0.39 is 23.8 Å². The molecule has 0 aromatic heterocycles. The Hall–Kier alpha value is -2.44. The molecule has 1 aliphatic carbocycles. The second-order valence-corrected chi connectivity index (χ2v) is 10.4. The van der Waals surface area contributed by atoms with Crippen molar-refractivity contribution in [2.24, 2.45) is 11.8 Å². The Kier molecular flexibility index (Phi) is 12.2. The van der Waals surface area contributed by atoms with Gasteiger partial charge in [-0.3, -0.25) is 14.4 Å². The van der Waals surface area contributed by atoms with Gasteiger partial charge >= 0.3 is 0 Å². The van der Waals surface area contributed by atoms with Crippen LogP contribution in [0.25, 0.3) is 0 Å². The minimum absolute atomic E-state index is 0.0710. The van der Waals surface area contributed by atoms with Crippen LogP contribution in [0.4, 0.5) is 4.39 Å². The number of likely N-dealkylation sites (N-methyl/N-ethyl adjacent to an activating group) is 1. The Morgan fingerprint density at radius 3 is 2.37 bits per heavy atom. The maximum absolute atomic E-state index is 14.0. The summed E-state index contributed by atoms with van der Waals surface area (Å²) in [6.07, 6.45) is 8.52. The van der Waals surface area contributed by atoms with E-state index in [2.05, 4.69) is 17.6 Å². The van der Waals surface area contributed by atoms with Crippen LogP contribution in [0.15, 0.2) is 24.3 Å². The average molecular weight is 490 g/mol. The molecular formula is C28H44FN3O3. The lowest BCUT2D eigenvalue weighted by Gasteiger charge is -2.31. The Labute approximate surface area is 210 Å². The van der Waals surface area contributed by atoms with Gasteiger partial charge < -0.3 is 15.5 Å². The zero-order chi connectivity index (χ0) is 25.8. The smallest absolute Gasteiger partial charge is 0.244 e. The summed E-state index contributed by atoms with van der Waals surface area (Å²) < 4.78 is 14.0. The first-order valence-electron chi connectivity index (χ1n) is 13.3. The van der Waals surface area contributed by atoms with Crippen molar-refractivity contribution in [2.45, 2.75) is 97.1 Å². The number of carbonyl (C=O) groups excluding carboxylic acids is 3. The normalized spacial score (nSPS) is 15.9. The van der Waals surface area contributed by atoms with Gasteiger partial charge in [-0.1, -0.05) is 77.5 Å². The molecule has 0 heterocycles. The zero-order valence-corrected chi connectivity index (χ0v) is 21.9. The van der Waals surface area contributed by atoms with Crippen LogP contribution in [0.3, 0.4) is 0 Å². The van der Waals surface area contributed by atoms with E-state index in [4.69, 9.17) is 0 Å². The fraction of sp³-hybridized carbons (Fsp3) is 0.679. The maximum atomic E-state index is 14.0. The summed E-state index contributed by atoms with van der Waals surface area (Å²) in [6.45, 7) is 6.69. The van der Waals surface area contributed by atoms with Gasteiger partial charge in [0.15, 0.2) is 0 Å². The monoisotopic (exact) mass is 489 g/mol. The third kappa shape index (κ3) is 9.98. The number of carbonyl (C=O) groups is 3. The third-order valence-electron chi connectivity index (χ3n) is 6.80. The molecule has 6 nitrogen and oxygen atoms in total. The molecule has 0 saturated heterocycles. The Bertz CT molecular complexity index is 823. The topological polar surface area (TPSA) is 78.5 Å². The van der Waals surface area contributed by atoms with Gasteiger partial charge in [0, 0.05) is 13.6 Å². The Balaban J connectivity index is 2.11. The highest BCUT2D eigenvalue weighted by Gasteiger charge is 2.31. The van der Waals surface area contributed by atoms with Crippen molar-refractivity contribution < 1.29 is 18.8 Å². The van der Waals surface area contributed by atoms with E-state index >= 15 is 0 Å². The van der Waals surface area contributed by atoms with E-state index in [1.807, 2.05) is 13.8 Å². The summed E-state index contributed by atoms with van der Waals surface area (Å²) in [5.74, 6) is -0.708. The number of nitrogens with zero attached hydrogens (tertiary/aromatic N) is 1. The molecule has 1 aromatic carbocycles. The molecule has 1 saturated carbocycles. The number of benzene rings is 1. The van der Waals surface area contributed by atoms with Gasteiger partial charge in [0.05, 0.1) is 6.42 Å². The second kappa shape index (κ2) is 14.8. The van der Waals surface area contributed by atoms with Gasteiger partial charge in [-0.25, -0.2) is 4.39 Å². The number of halogens is 1. The fourth-order valence-electron chi connectivity index (χ4n) is 4.78.